The van der Waals surface area contributed by atoms with E-state index < -0.39 is 47.9 Å². The van der Waals surface area contributed by atoms with Crippen LogP contribution < -0.4 is 10.6 Å². The minimum absolute atomic E-state index is 0.0951. The number of carbonyl (C=O) groups is 4. The van der Waals surface area contributed by atoms with Crippen LogP contribution in [0, 0.1) is 0 Å². The van der Waals surface area contributed by atoms with Crippen molar-refractivity contribution >= 4 is 35.2 Å². The first-order valence-corrected chi connectivity index (χ1v) is 13.0. The molecule has 0 fully saturated rings. The van der Waals surface area contributed by atoms with Crippen LogP contribution in [0.2, 0.25) is 0 Å². The van der Waals surface area contributed by atoms with Gasteiger partial charge in [0.15, 0.2) is 0 Å². The van der Waals surface area contributed by atoms with Gasteiger partial charge in [-0.2, -0.15) is 0 Å². The molecule has 0 aliphatic rings. The molecule has 2 N–H and O–H groups in total. The fourth-order valence-electron chi connectivity index (χ4n) is 2.90. The average molecular weight is 543 g/mol. The van der Waals surface area contributed by atoms with Crippen molar-refractivity contribution in [1.29, 1.82) is 0 Å². The van der Waals surface area contributed by atoms with Gasteiger partial charge in [0.2, 0.25) is 11.8 Å². The van der Waals surface area contributed by atoms with Gasteiger partial charge in [0.1, 0.15) is 37.4 Å². The van der Waals surface area contributed by atoms with Crippen LogP contribution in [-0.2, 0) is 38.1 Å². The monoisotopic (exact) mass is 542 g/mol. The number of nitrogens with zero attached hydrogens (tertiary/aromatic N) is 2. The molecule has 0 rings (SSSR count). The van der Waals surface area contributed by atoms with Gasteiger partial charge in [-0.25, -0.2) is 9.59 Å². The molecule has 12 nitrogen and oxygen atoms in total. The van der Waals surface area contributed by atoms with E-state index in [1.807, 2.05) is 0 Å². The van der Waals surface area contributed by atoms with E-state index >= 15 is 0 Å². The van der Waals surface area contributed by atoms with Crippen LogP contribution in [0.1, 0.15) is 67.7 Å². The van der Waals surface area contributed by atoms with Gasteiger partial charge in [0.05, 0.1) is 24.6 Å². The zero-order valence-corrected chi connectivity index (χ0v) is 24.1. The molecule has 0 bridgehead atoms. The van der Waals surface area contributed by atoms with E-state index in [1.54, 1.807) is 27.7 Å². The quantitative estimate of drug-likeness (QED) is 0.142. The van der Waals surface area contributed by atoms with Gasteiger partial charge in [-0.05, 0) is 48.0 Å². The van der Waals surface area contributed by atoms with Gasteiger partial charge in [0, 0.05) is 13.7 Å². The van der Waals surface area contributed by atoms with Crippen molar-refractivity contribution in [2.45, 2.75) is 91.9 Å². The summed E-state index contributed by atoms with van der Waals surface area (Å²) in [5, 5.41) is 5.14. The molecular formula is C26H46N4O8. The van der Waals surface area contributed by atoms with Crippen molar-refractivity contribution < 1.29 is 38.1 Å². The van der Waals surface area contributed by atoms with E-state index in [9.17, 15) is 19.2 Å². The number of carbonyl (C=O) groups excluding carboxylic acids is 4. The Labute approximate surface area is 226 Å². The molecule has 0 heterocycles. The first kappa shape index (κ1) is 35.1. The number of hydrogen-bond donors (Lipinski definition) is 2. The topological polar surface area (TPSA) is 154 Å². The molecule has 0 radical (unpaired) electrons. The zero-order valence-electron chi connectivity index (χ0n) is 24.1. The van der Waals surface area contributed by atoms with Crippen LogP contribution >= 0.6 is 0 Å². The zero-order chi connectivity index (χ0) is 29.1. The molecule has 0 spiro atoms. The van der Waals surface area contributed by atoms with Gasteiger partial charge in [-0.1, -0.05) is 19.8 Å². The van der Waals surface area contributed by atoms with E-state index in [0.717, 1.165) is 19.3 Å². The van der Waals surface area contributed by atoms with E-state index in [4.69, 9.17) is 18.9 Å². The third-order valence-corrected chi connectivity index (χ3v) is 5.38. The summed E-state index contributed by atoms with van der Waals surface area (Å²) in [6, 6.07) is -3.29. The summed E-state index contributed by atoms with van der Waals surface area (Å²) in [7, 11) is 1.49. The minimum Gasteiger partial charge on any atom is -0.462 e. The Kier molecular flexibility index (Phi) is 18.6. The van der Waals surface area contributed by atoms with Crippen molar-refractivity contribution in [3.63, 3.8) is 0 Å². The molecule has 218 valence electrons. The van der Waals surface area contributed by atoms with Gasteiger partial charge >= 0.3 is 11.9 Å². The second kappa shape index (κ2) is 20.1. The van der Waals surface area contributed by atoms with Crippen LogP contribution in [0.5, 0.6) is 0 Å². The molecule has 12 heteroatoms. The lowest BCUT2D eigenvalue weighted by atomic mass is 10.2. The number of nitrogens with one attached hydrogen (secondary N) is 2. The first-order chi connectivity index (χ1) is 17.9. The standard InChI is InChI=1S/C26H46N4O8/c1-9-10-11-12-36-14-16-38-26(34)22(7)30-24(32)20(5)28-18(3)17(2)27-19(4)23(31)29-21(6)25(33)37-15-13-35-8/h19-22H,9-16H2,1-8H3,(H,29,31)(H,30,32). The number of esters is 2. The van der Waals surface area contributed by atoms with Crippen LogP contribution in [0.15, 0.2) is 9.98 Å². The number of amides is 2. The van der Waals surface area contributed by atoms with E-state index in [1.165, 1.54) is 21.0 Å². The smallest absolute Gasteiger partial charge is 0.328 e. The normalized spacial score (nSPS) is 15.2. The summed E-state index contributed by atoms with van der Waals surface area (Å²) in [4.78, 5) is 57.6. The van der Waals surface area contributed by atoms with E-state index in [2.05, 4.69) is 27.5 Å². The summed E-state index contributed by atoms with van der Waals surface area (Å²) in [5.41, 5.74) is 0.906. The minimum atomic E-state index is -0.845. The number of ether oxygens (including phenoxy) is 4. The molecule has 0 aromatic carbocycles. The summed E-state index contributed by atoms with van der Waals surface area (Å²) >= 11 is 0. The number of hydrogen-bond acceptors (Lipinski definition) is 10. The Morgan fingerprint density at radius 3 is 1.55 bits per heavy atom. The van der Waals surface area contributed by atoms with Crippen molar-refractivity contribution in [2.75, 3.05) is 40.1 Å². The maximum absolute atomic E-state index is 12.5. The Hall–Kier alpha value is -2.86. The van der Waals surface area contributed by atoms with E-state index in [-0.39, 0.29) is 19.8 Å². The second-order valence-corrected chi connectivity index (χ2v) is 8.89. The first-order valence-electron chi connectivity index (χ1n) is 13.0. The van der Waals surface area contributed by atoms with Crippen molar-refractivity contribution in [1.82, 2.24) is 10.6 Å². The number of aliphatic imine (C=N–C) groups is 2. The average Bonchev–Trinajstić information content (AvgIpc) is 2.87. The van der Waals surface area contributed by atoms with Crippen molar-refractivity contribution in [3.8, 4) is 0 Å². The molecule has 4 unspecified atom stereocenters. The van der Waals surface area contributed by atoms with Crippen LogP contribution in [-0.4, -0.2) is 99.5 Å². The van der Waals surface area contributed by atoms with Crippen molar-refractivity contribution in [2.24, 2.45) is 9.98 Å². The summed E-state index contributed by atoms with van der Waals surface area (Å²) < 4.78 is 20.3. The largest absolute Gasteiger partial charge is 0.462 e. The predicted molar refractivity (Wildman–Crippen MR) is 144 cm³/mol. The molecule has 0 aliphatic heterocycles. The fraction of sp³-hybridized carbons (Fsp3) is 0.769. The number of methoxy groups -OCH3 is 1. The fourth-order valence-corrected chi connectivity index (χ4v) is 2.90. The van der Waals surface area contributed by atoms with E-state index in [0.29, 0.717) is 24.6 Å². The number of unbranched alkanes of at least 4 members (excludes halogenated alkanes) is 2. The van der Waals surface area contributed by atoms with Gasteiger partial charge in [-0.3, -0.25) is 19.6 Å². The van der Waals surface area contributed by atoms with Crippen LogP contribution in [0.4, 0.5) is 0 Å². The highest BCUT2D eigenvalue weighted by atomic mass is 16.6. The predicted octanol–water partition coefficient (Wildman–Crippen LogP) is 1.63. The number of rotatable bonds is 19. The molecule has 4 atom stereocenters. The molecule has 38 heavy (non-hydrogen) atoms. The highest BCUT2D eigenvalue weighted by molar-refractivity contribution is 6.41. The highest BCUT2D eigenvalue weighted by Crippen LogP contribution is 2.00. The maximum Gasteiger partial charge on any atom is 0.328 e. The molecule has 0 aromatic rings. The summed E-state index contributed by atoms with van der Waals surface area (Å²) in [6.07, 6.45) is 3.17. The molecule has 0 aromatic heterocycles. The Morgan fingerprint density at radius 1 is 0.684 bits per heavy atom. The Morgan fingerprint density at radius 2 is 1.13 bits per heavy atom. The van der Waals surface area contributed by atoms with Gasteiger partial charge in [0.25, 0.3) is 0 Å². The molecule has 0 aliphatic carbocycles. The molecule has 0 saturated carbocycles. The second-order valence-electron chi connectivity index (χ2n) is 8.89. The maximum atomic E-state index is 12.5. The summed E-state index contributed by atoms with van der Waals surface area (Å²) in [6.45, 7) is 13.1. The van der Waals surface area contributed by atoms with Gasteiger partial charge < -0.3 is 29.6 Å². The molecular weight excluding hydrogens is 496 g/mol. The lowest BCUT2D eigenvalue weighted by Gasteiger charge is -2.16. The van der Waals surface area contributed by atoms with Crippen LogP contribution in [0.3, 0.4) is 0 Å². The summed E-state index contributed by atoms with van der Waals surface area (Å²) in [5.74, 6) is -2.05. The van der Waals surface area contributed by atoms with Crippen LogP contribution in [0.25, 0.3) is 0 Å². The van der Waals surface area contributed by atoms with Crippen molar-refractivity contribution in [3.05, 3.63) is 0 Å². The van der Waals surface area contributed by atoms with Gasteiger partial charge in [-0.15, -0.1) is 0 Å². The molecule has 0 saturated heterocycles. The lowest BCUT2D eigenvalue weighted by Crippen LogP contribution is -2.44. The molecule has 2 amide bonds. The Bertz CT molecular complexity index is 815. The third kappa shape index (κ3) is 15.4. The highest BCUT2D eigenvalue weighted by Gasteiger charge is 2.22. The third-order valence-electron chi connectivity index (χ3n) is 5.38. The lowest BCUT2D eigenvalue weighted by molar-refractivity contribution is -0.149. The Balaban J connectivity index is 4.70. The SMILES string of the molecule is CCCCCOCCOC(=O)C(C)NC(=O)C(C)N=C(C)C(C)=NC(C)C(=O)NC(C)C(=O)OCCOC.